The lowest BCUT2D eigenvalue weighted by molar-refractivity contribution is -0.115. The molecule has 2 aromatic rings. The number of carbonyl (C=O) groups is 1. The van der Waals surface area contributed by atoms with Crippen molar-refractivity contribution in [1.29, 1.82) is 0 Å². The zero-order valence-corrected chi connectivity index (χ0v) is 14.9. The van der Waals surface area contributed by atoms with Gasteiger partial charge in [0.25, 0.3) is 0 Å². The molecule has 0 unspecified atom stereocenters. The Hall–Kier alpha value is -1.73. The third kappa shape index (κ3) is 4.39. The van der Waals surface area contributed by atoms with E-state index >= 15 is 0 Å². The van der Waals surface area contributed by atoms with Crippen molar-refractivity contribution in [3.05, 3.63) is 34.6 Å². The summed E-state index contributed by atoms with van der Waals surface area (Å²) in [5, 5.41) is 11.7. The van der Waals surface area contributed by atoms with Crippen molar-refractivity contribution in [2.24, 2.45) is 0 Å². The maximum atomic E-state index is 12.3. The Morgan fingerprint density at radius 2 is 2.22 bits per heavy atom. The molecule has 0 aliphatic rings. The molecule has 3 N–H and O–H groups in total. The quantitative estimate of drug-likeness (QED) is 0.615. The lowest BCUT2D eigenvalue weighted by Crippen LogP contribution is -2.24. The van der Waals surface area contributed by atoms with Crippen LogP contribution in [0.2, 0.25) is 5.02 Å². The van der Waals surface area contributed by atoms with Crippen LogP contribution in [0.4, 0.5) is 5.69 Å². The number of thioether (sulfide) groups is 1. The highest BCUT2D eigenvalue weighted by Crippen LogP contribution is 2.24. The predicted molar refractivity (Wildman–Crippen MR) is 94.3 cm³/mol. The standard InChI is InChI=1S/C15H20ClN5OS/c1-4-5-13-19-20-15(21(13)17)23-10(3)14(22)18-11-7-6-9(2)12(16)8-11/h6-8,10H,4-5,17H2,1-3H3,(H,18,22)/t10-/m1/s1. The summed E-state index contributed by atoms with van der Waals surface area (Å²) in [6, 6.07) is 5.42. The van der Waals surface area contributed by atoms with E-state index < -0.39 is 0 Å². The SMILES string of the molecule is CCCc1nnc(S[C@H](C)C(=O)Nc2ccc(C)c(Cl)c2)n1N. The zero-order chi connectivity index (χ0) is 17.0. The maximum absolute atomic E-state index is 12.3. The van der Waals surface area contributed by atoms with Crippen molar-refractivity contribution in [3.63, 3.8) is 0 Å². The van der Waals surface area contributed by atoms with Crippen molar-refractivity contribution in [2.45, 2.75) is 44.0 Å². The molecule has 0 radical (unpaired) electrons. The van der Waals surface area contributed by atoms with Crippen LogP contribution in [-0.2, 0) is 11.2 Å². The molecular weight excluding hydrogens is 334 g/mol. The highest BCUT2D eigenvalue weighted by atomic mass is 35.5. The van der Waals surface area contributed by atoms with Crippen LogP contribution in [0.1, 0.15) is 31.7 Å². The molecule has 1 amide bonds. The summed E-state index contributed by atoms with van der Waals surface area (Å²) in [5.74, 6) is 6.52. The van der Waals surface area contributed by atoms with Gasteiger partial charge in [0, 0.05) is 17.1 Å². The third-order valence-corrected chi connectivity index (χ3v) is 4.76. The molecule has 0 fully saturated rings. The Kier molecular flexibility index (Phi) is 5.90. The minimum absolute atomic E-state index is 0.144. The van der Waals surface area contributed by atoms with Crippen molar-refractivity contribution in [1.82, 2.24) is 14.9 Å². The van der Waals surface area contributed by atoms with E-state index in [2.05, 4.69) is 15.5 Å². The fourth-order valence-electron chi connectivity index (χ4n) is 1.91. The molecule has 1 atom stereocenters. The van der Waals surface area contributed by atoms with Gasteiger partial charge in [-0.25, -0.2) is 4.68 Å². The number of hydrogen-bond donors (Lipinski definition) is 2. The number of nitrogens with two attached hydrogens (primary N) is 1. The van der Waals surface area contributed by atoms with E-state index in [1.165, 1.54) is 16.4 Å². The molecule has 1 heterocycles. The summed E-state index contributed by atoms with van der Waals surface area (Å²) in [6.07, 6.45) is 1.69. The second-order valence-corrected chi connectivity index (χ2v) is 6.95. The number of carbonyl (C=O) groups excluding carboxylic acids is 1. The number of halogens is 1. The number of nitrogens with zero attached hydrogens (tertiary/aromatic N) is 3. The predicted octanol–water partition coefficient (Wildman–Crippen LogP) is 3.03. The second kappa shape index (κ2) is 7.70. The van der Waals surface area contributed by atoms with Crippen molar-refractivity contribution in [3.8, 4) is 0 Å². The summed E-state index contributed by atoms with van der Waals surface area (Å²) in [7, 11) is 0. The van der Waals surface area contributed by atoms with Gasteiger partial charge in [-0.05, 0) is 38.0 Å². The van der Waals surface area contributed by atoms with Gasteiger partial charge in [0.2, 0.25) is 11.1 Å². The fraction of sp³-hybridized carbons (Fsp3) is 0.400. The molecule has 6 nitrogen and oxygen atoms in total. The maximum Gasteiger partial charge on any atom is 0.237 e. The van der Waals surface area contributed by atoms with Crippen molar-refractivity contribution < 1.29 is 4.79 Å². The molecule has 0 aliphatic heterocycles. The number of rotatable bonds is 6. The Morgan fingerprint density at radius 3 is 2.87 bits per heavy atom. The van der Waals surface area contributed by atoms with Crippen LogP contribution < -0.4 is 11.2 Å². The summed E-state index contributed by atoms with van der Waals surface area (Å²) in [5.41, 5.74) is 1.63. The smallest absolute Gasteiger partial charge is 0.237 e. The van der Waals surface area contributed by atoms with E-state index in [-0.39, 0.29) is 11.2 Å². The highest BCUT2D eigenvalue weighted by molar-refractivity contribution is 8.00. The second-order valence-electron chi connectivity index (χ2n) is 5.23. The first-order valence-electron chi connectivity index (χ1n) is 7.35. The van der Waals surface area contributed by atoms with Gasteiger partial charge in [-0.1, -0.05) is 36.4 Å². The number of aryl methyl sites for hydroxylation is 2. The topological polar surface area (TPSA) is 85.8 Å². The van der Waals surface area contributed by atoms with Gasteiger partial charge >= 0.3 is 0 Å². The van der Waals surface area contributed by atoms with E-state index in [9.17, 15) is 4.79 Å². The van der Waals surface area contributed by atoms with Crippen LogP contribution in [0.3, 0.4) is 0 Å². The first kappa shape index (κ1) is 17.6. The Morgan fingerprint density at radius 1 is 1.48 bits per heavy atom. The van der Waals surface area contributed by atoms with Gasteiger partial charge in [0.05, 0.1) is 5.25 Å². The van der Waals surface area contributed by atoms with Crippen molar-refractivity contribution >= 4 is 35.0 Å². The molecule has 124 valence electrons. The van der Waals surface area contributed by atoms with E-state index in [1.807, 2.05) is 26.0 Å². The van der Waals surface area contributed by atoms with Crippen LogP contribution in [0, 0.1) is 6.92 Å². The van der Waals surface area contributed by atoms with Crippen LogP contribution in [0.5, 0.6) is 0 Å². The number of nitrogens with one attached hydrogen (secondary N) is 1. The molecule has 1 aromatic carbocycles. The number of anilines is 1. The largest absolute Gasteiger partial charge is 0.336 e. The van der Waals surface area contributed by atoms with Crippen LogP contribution in [0.25, 0.3) is 0 Å². The zero-order valence-electron chi connectivity index (χ0n) is 13.3. The van der Waals surface area contributed by atoms with Gasteiger partial charge in [0.15, 0.2) is 5.82 Å². The van der Waals surface area contributed by atoms with E-state index in [4.69, 9.17) is 17.4 Å². The lowest BCUT2D eigenvalue weighted by Gasteiger charge is -2.12. The normalized spacial score (nSPS) is 12.2. The molecule has 2 rings (SSSR count). The molecule has 0 spiro atoms. The molecule has 8 heteroatoms. The number of aromatic nitrogens is 3. The number of nitrogen functional groups attached to an aromatic ring is 1. The van der Waals surface area contributed by atoms with Gasteiger partial charge in [0.1, 0.15) is 0 Å². The van der Waals surface area contributed by atoms with Gasteiger partial charge < -0.3 is 11.2 Å². The number of benzene rings is 1. The average Bonchev–Trinajstić information content (AvgIpc) is 2.84. The minimum Gasteiger partial charge on any atom is -0.336 e. The number of hydrogen-bond acceptors (Lipinski definition) is 5. The summed E-state index contributed by atoms with van der Waals surface area (Å²) in [6.45, 7) is 5.75. The first-order valence-corrected chi connectivity index (χ1v) is 8.61. The molecule has 23 heavy (non-hydrogen) atoms. The summed E-state index contributed by atoms with van der Waals surface area (Å²) >= 11 is 7.34. The van der Waals surface area contributed by atoms with E-state index in [0.717, 1.165) is 18.4 Å². The summed E-state index contributed by atoms with van der Waals surface area (Å²) in [4.78, 5) is 12.3. The highest BCUT2D eigenvalue weighted by Gasteiger charge is 2.19. The molecule has 1 aromatic heterocycles. The molecule has 0 saturated carbocycles. The molecule has 0 saturated heterocycles. The van der Waals surface area contributed by atoms with Crippen LogP contribution in [-0.4, -0.2) is 26.0 Å². The Balaban J connectivity index is 2.01. The Labute approximate surface area is 144 Å². The summed E-state index contributed by atoms with van der Waals surface area (Å²) < 4.78 is 1.45. The average molecular weight is 354 g/mol. The van der Waals surface area contributed by atoms with Crippen LogP contribution in [0.15, 0.2) is 23.4 Å². The van der Waals surface area contributed by atoms with E-state index in [0.29, 0.717) is 21.7 Å². The molecule has 0 bridgehead atoms. The van der Waals surface area contributed by atoms with E-state index in [1.54, 1.807) is 13.0 Å². The lowest BCUT2D eigenvalue weighted by atomic mass is 10.2. The fourth-order valence-corrected chi connectivity index (χ4v) is 2.88. The monoisotopic (exact) mass is 353 g/mol. The molecule has 0 aliphatic carbocycles. The van der Waals surface area contributed by atoms with Crippen molar-refractivity contribution in [2.75, 3.05) is 11.2 Å². The molecular formula is C15H20ClN5OS. The first-order chi connectivity index (χ1) is 10.9. The minimum atomic E-state index is -0.365. The number of amides is 1. The van der Waals surface area contributed by atoms with Gasteiger partial charge in [-0.2, -0.15) is 0 Å². The van der Waals surface area contributed by atoms with Gasteiger partial charge in [-0.3, -0.25) is 4.79 Å². The third-order valence-electron chi connectivity index (χ3n) is 3.30. The Bertz CT molecular complexity index is 703. The van der Waals surface area contributed by atoms with Gasteiger partial charge in [-0.15, -0.1) is 10.2 Å². The van der Waals surface area contributed by atoms with Crippen LogP contribution >= 0.6 is 23.4 Å².